The van der Waals surface area contributed by atoms with Gasteiger partial charge in [-0.15, -0.1) is 0 Å². The molecule has 1 unspecified atom stereocenters. The smallest absolute Gasteiger partial charge is 0.344 e. The van der Waals surface area contributed by atoms with Crippen molar-refractivity contribution in [2.45, 2.75) is 19.4 Å². The first-order chi connectivity index (χ1) is 8.61. The molecule has 19 heavy (non-hydrogen) atoms. The van der Waals surface area contributed by atoms with Gasteiger partial charge in [-0.1, -0.05) is 13.2 Å². The van der Waals surface area contributed by atoms with Crippen LogP contribution in [-0.4, -0.2) is 45.3 Å². The second-order valence-electron chi connectivity index (χ2n) is 3.10. The number of carboxylic acids is 3. The first-order valence-electron chi connectivity index (χ1n) is 4.80. The van der Waals surface area contributed by atoms with E-state index in [1.165, 1.54) is 6.92 Å². The molecule has 1 atom stereocenters. The predicted octanol–water partition coefficient (Wildman–Crippen LogP) is 0.291. The van der Waals surface area contributed by atoms with Crippen LogP contribution in [0.5, 0.6) is 0 Å². The van der Waals surface area contributed by atoms with Gasteiger partial charge in [-0.05, 0) is 6.92 Å². The van der Waals surface area contributed by atoms with Crippen molar-refractivity contribution in [1.82, 2.24) is 0 Å². The Morgan fingerprint density at radius 2 is 1.68 bits per heavy atom. The molecular weight excluding hydrogens is 260 g/mol. The summed E-state index contributed by atoms with van der Waals surface area (Å²) in [7, 11) is 0. The van der Waals surface area contributed by atoms with E-state index in [9.17, 15) is 19.2 Å². The lowest BCUT2D eigenvalue weighted by atomic mass is 10.2. The molecule has 3 N–H and O–H groups in total. The largest absolute Gasteiger partial charge is 0.481 e. The molecule has 0 aromatic carbocycles. The summed E-state index contributed by atoms with van der Waals surface area (Å²) >= 11 is 0. The summed E-state index contributed by atoms with van der Waals surface area (Å²) in [5.41, 5.74) is -0.303. The Kier molecular flexibility index (Phi) is 9.26. The van der Waals surface area contributed by atoms with Gasteiger partial charge in [-0.3, -0.25) is 4.79 Å². The number of carboxylic acid groups (broad SMARTS) is 3. The van der Waals surface area contributed by atoms with Crippen LogP contribution < -0.4 is 0 Å². The number of carbonyl (C=O) groups excluding carboxylic acids is 1. The average Bonchev–Trinajstić information content (AvgIpc) is 2.28. The van der Waals surface area contributed by atoms with E-state index in [1.807, 2.05) is 0 Å². The van der Waals surface area contributed by atoms with Gasteiger partial charge in [-0.25, -0.2) is 14.4 Å². The minimum Gasteiger partial charge on any atom is -0.481 e. The second-order valence-corrected chi connectivity index (χ2v) is 3.10. The Bertz CT molecular complexity index is 395. The van der Waals surface area contributed by atoms with Crippen LogP contribution in [0.3, 0.4) is 0 Å². The van der Waals surface area contributed by atoms with Crippen molar-refractivity contribution in [2.75, 3.05) is 0 Å². The molecular formula is C11H14O8. The Morgan fingerprint density at radius 1 is 1.21 bits per heavy atom. The highest BCUT2D eigenvalue weighted by atomic mass is 16.6. The standard InChI is InChI=1S/C6H8O4.C5H6O4/c1-3-5(7)10-4(2)6(8)9;1-3(5(8)9)2-4(6)7/h3-4H,1H2,2H3,(H,8,9);1-2H2,(H,6,7)(H,8,9). The quantitative estimate of drug-likeness (QED) is 0.464. The number of ether oxygens (including phenoxy) is 1. The van der Waals surface area contributed by atoms with Gasteiger partial charge >= 0.3 is 23.9 Å². The van der Waals surface area contributed by atoms with Gasteiger partial charge in [0.1, 0.15) is 0 Å². The van der Waals surface area contributed by atoms with E-state index >= 15 is 0 Å². The number of rotatable bonds is 6. The van der Waals surface area contributed by atoms with Crippen LogP contribution in [-0.2, 0) is 23.9 Å². The maximum Gasteiger partial charge on any atom is 0.344 e. The van der Waals surface area contributed by atoms with Crippen molar-refractivity contribution in [1.29, 1.82) is 0 Å². The lowest BCUT2D eigenvalue weighted by molar-refractivity contribution is -0.159. The van der Waals surface area contributed by atoms with Crippen LogP contribution in [0.2, 0.25) is 0 Å². The second kappa shape index (κ2) is 9.40. The number of aliphatic carboxylic acids is 3. The lowest BCUT2D eigenvalue weighted by Gasteiger charge is -2.04. The van der Waals surface area contributed by atoms with Gasteiger partial charge in [0.25, 0.3) is 0 Å². The zero-order chi connectivity index (χ0) is 15.6. The summed E-state index contributed by atoms with van der Waals surface area (Å²) in [6.07, 6.45) is -0.695. The van der Waals surface area contributed by atoms with Crippen molar-refractivity contribution >= 4 is 23.9 Å². The molecule has 0 aliphatic rings. The fourth-order valence-electron chi connectivity index (χ4n) is 0.531. The number of carbonyl (C=O) groups is 4. The summed E-state index contributed by atoms with van der Waals surface area (Å²) in [5.74, 6) is -4.34. The minimum absolute atomic E-state index is 0.303. The third kappa shape index (κ3) is 11.6. The summed E-state index contributed by atoms with van der Waals surface area (Å²) in [4.78, 5) is 40.0. The van der Waals surface area contributed by atoms with Crippen molar-refractivity contribution in [3.05, 3.63) is 24.8 Å². The molecule has 0 bridgehead atoms. The molecule has 0 saturated carbocycles. The van der Waals surface area contributed by atoms with E-state index in [1.54, 1.807) is 0 Å². The summed E-state index contributed by atoms with van der Waals surface area (Å²) < 4.78 is 4.30. The molecule has 8 heteroatoms. The third-order valence-corrected chi connectivity index (χ3v) is 1.47. The lowest BCUT2D eigenvalue weighted by Crippen LogP contribution is -2.22. The topological polar surface area (TPSA) is 138 Å². The zero-order valence-electron chi connectivity index (χ0n) is 10.2. The highest BCUT2D eigenvalue weighted by Gasteiger charge is 2.13. The van der Waals surface area contributed by atoms with E-state index in [4.69, 9.17) is 15.3 Å². The first-order valence-corrected chi connectivity index (χ1v) is 4.80. The molecule has 106 valence electrons. The van der Waals surface area contributed by atoms with E-state index in [0.717, 1.165) is 6.08 Å². The summed E-state index contributed by atoms with van der Waals surface area (Å²) in [6, 6.07) is 0. The summed E-state index contributed by atoms with van der Waals surface area (Å²) in [5, 5.41) is 24.3. The number of hydrogen-bond acceptors (Lipinski definition) is 5. The highest BCUT2D eigenvalue weighted by molar-refractivity contribution is 5.91. The van der Waals surface area contributed by atoms with Crippen molar-refractivity contribution < 1.29 is 39.2 Å². The van der Waals surface area contributed by atoms with Crippen molar-refractivity contribution in [3.63, 3.8) is 0 Å². The molecule has 0 aromatic rings. The molecule has 0 fully saturated rings. The highest BCUT2D eigenvalue weighted by Crippen LogP contribution is 1.95. The molecule has 0 rings (SSSR count). The molecule has 0 heterocycles. The van der Waals surface area contributed by atoms with Crippen LogP contribution in [0.15, 0.2) is 24.8 Å². The molecule has 8 nitrogen and oxygen atoms in total. The SMILES string of the molecule is C=C(CC(=O)O)C(=O)O.C=CC(=O)OC(C)C(=O)O. The van der Waals surface area contributed by atoms with Gasteiger partial charge < -0.3 is 20.1 Å². The van der Waals surface area contributed by atoms with E-state index < -0.39 is 36.4 Å². The van der Waals surface area contributed by atoms with Crippen LogP contribution in [0.25, 0.3) is 0 Å². The molecule has 0 aliphatic heterocycles. The molecule has 0 saturated heterocycles. The zero-order valence-corrected chi connectivity index (χ0v) is 10.2. The Labute approximate surface area is 108 Å². The van der Waals surface area contributed by atoms with E-state index in [2.05, 4.69) is 17.9 Å². The third-order valence-electron chi connectivity index (χ3n) is 1.47. The first kappa shape index (κ1) is 18.7. The Hall–Kier alpha value is -2.64. The van der Waals surface area contributed by atoms with Gasteiger partial charge in [0, 0.05) is 11.6 Å². The van der Waals surface area contributed by atoms with Gasteiger partial charge in [0.15, 0.2) is 6.10 Å². The normalized spacial score (nSPS) is 10.2. The van der Waals surface area contributed by atoms with E-state index in [-0.39, 0.29) is 5.57 Å². The van der Waals surface area contributed by atoms with Crippen LogP contribution >= 0.6 is 0 Å². The number of esters is 1. The van der Waals surface area contributed by atoms with Crippen molar-refractivity contribution in [3.8, 4) is 0 Å². The summed E-state index contributed by atoms with van der Waals surface area (Å²) in [6.45, 7) is 7.39. The Morgan fingerprint density at radius 3 is 1.89 bits per heavy atom. The van der Waals surface area contributed by atoms with Crippen LogP contribution in [0.1, 0.15) is 13.3 Å². The monoisotopic (exact) mass is 274 g/mol. The minimum atomic E-state index is -1.27. The predicted molar refractivity (Wildman–Crippen MR) is 62.4 cm³/mol. The van der Waals surface area contributed by atoms with Gasteiger partial charge in [0.05, 0.1) is 6.42 Å². The Balaban J connectivity index is 0. The van der Waals surface area contributed by atoms with Gasteiger partial charge in [0.2, 0.25) is 0 Å². The van der Waals surface area contributed by atoms with Crippen molar-refractivity contribution in [2.24, 2.45) is 0 Å². The van der Waals surface area contributed by atoms with Gasteiger partial charge in [-0.2, -0.15) is 0 Å². The maximum absolute atomic E-state index is 10.3. The fraction of sp³-hybridized carbons (Fsp3) is 0.273. The average molecular weight is 274 g/mol. The molecule has 0 spiro atoms. The molecule has 0 amide bonds. The van der Waals surface area contributed by atoms with Crippen LogP contribution in [0, 0.1) is 0 Å². The number of hydrogen-bond donors (Lipinski definition) is 3. The molecule has 0 radical (unpaired) electrons. The molecule has 0 aromatic heterocycles. The van der Waals surface area contributed by atoms with E-state index in [0.29, 0.717) is 0 Å². The fourth-order valence-corrected chi connectivity index (χ4v) is 0.531. The van der Waals surface area contributed by atoms with Crippen LogP contribution in [0.4, 0.5) is 0 Å². The molecule has 0 aliphatic carbocycles. The maximum atomic E-state index is 10.3.